The van der Waals surface area contributed by atoms with Crippen LogP contribution in [-0.2, 0) is 9.59 Å². The van der Waals surface area contributed by atoms with Crippen LogP contribution in [0.4, 0.5) is 0 Å². The van der Waals surface area contributed by atoms with Crippen LogP contribution < -0.4 is 4.74 Å². The lowest BCUT2D eigenvalue weighted by molar-refractivity contribution is -0.114. The molecule has 0 bridgehead atoms. The molecule has 0 fully saturated rings. The maximum atomic E-state index is 11.4. The van der Waals surface area contributed by atoms with Gasteiger partial charge in [0.15, 0.2) is 11.6 Å². The zero-order chi connectivity index (χ0) is 12.1. The number of benzene rings is 1. The van der Waals surface area contributed by atoms with Gasteiger partial charge in [0, 0.05) is 5.57 Å². The lowest BCUT2D eigenvalue weighted by atomic mass is 10.0. The fourth-order valence-corrected chi connectivity index (χ4v) is 1.36. The number of ketones is 2. The van der Waals surface area contributed by atoms with E-state index in [1.165, 1.54) is 19.9 Å². The molecule has 0 spiro atoms. The molecule has 0 aliphatic heterocycles. The van der Waals surface area contributed by atoms with Crippen LogP contribution in [0.5, 0.6) is 5.75 Å². The molecule has 0 saturated heterocycles. The van der Waals surface area contributed by atoms with Crippen molar-refractivity contribution in [3.8, 4) is 5.75 Å². The summed E-state index contributed by atoms with van der Waals surface area (Å²) in [5, 5.41) is 0. The number of hydrogen-bond donors (Lipinski definition) is 0. The normalized spacial score (nSPS) is 11.1. The molecule has 0 aliphatic carbocycles. The zero-order valence-electron chi connectivity index (χ0n) is 9.61. The predicted molar refractivity (Wildman–Crippen MR) is 62.3 cm³/mol. The molecule has 3 heteroatoms. The minimum Gasteiger partial charge on any atom is -0.497 e. The van der Waals surface area contributed by atoms with Crippen molar-refractivity contribution in [2.75, 3.05) is 7.11 Å². The van der Waals surface area contributed by atoms with Crippen LogP contribution in [0.2, 0.25) is 0 Å². The van der Waals surface area contributed by atoms with Crippen LogP contribution in [0.15, 0.2) is 30.3 Å². The molecule has 0 N–H and O–H groups in total. The number of allylic oxidation sites excluding steroid dienone is 2. The fourth-order valence-electron chi connectivity index (χ4n) is 1.36. The molecular weight excluding hydrogens is 204 g/mol. The Hall–Kier alpha value is -1.90. The van der Waals surface area contributed by atoms with Crippen LogP contribution >= 0.6 is 0 Å². The molecule has 1 aromatic carbocycles. The average Bonchev–Trinajstić information content (AvgIpc) is 2.25. The maximum absolute atomic E-state index is 11.4. The standard InChI is InChI=1S/C13H14O3/c1-9(14)8-13(10(2)15)11-4-6-12(16-3)7-5-11/h4-8H,1-3H3/b13-8+. The van der Waals surface area contributed by atoms with Crippen LogP contribution in [0.3, 0.4) is 0 Å². The molecular formula is C13H14O3. The summed E-state index contributed by atoms with van der Waals surface area (Å²) in [5.74, 6) is 0.455. The van der Waals surface area contributed by atoms with E-state index < -0.39 is 0 Å². The Kier molecular flexibility index (Phi) is 4.00. The Morgan fingerprint density at radius 2 is 1.69 bits per heavy atom. The molecule has 0 atom stereocenters. The van der Waals surface area contributed by atoms with E-state index in [4.69, 9.17) is 4.74 Å². The summed E-state index contributed by atoms with van der Waals surface area (Å²) in [7, 11) is 1.58. The Morgan fingerprint density at radius 1 is 1.12 bits per heavy atom. The van der Waals surface area contributed by atoms with Gasteiger partial charge in [-0.05, 0) is 37.6 Å². The number of methoxy groups -OCH3 is 1. The van der Waals surface area contributed by atoms with E-state index in [0.29, 0.717) is 5.57 Å². The molecule has 0 saturated carbocycles. The van der Waals surface area contributed by atoms with Crippen LogP contribution in [0, 0.1) is 0 Å². The molecule has 0 unspecified atom stereocenters. The molecule has 3 nitrogen and oxygen atoms in total. The third kappa shape index (κ3) is 3.05. The molecule has 84 valence electrons. The van der Waals surface area contributed by atoms with Crippen molar-refractivity contribution in [3.63, 3.8) is 0 Å². The van der Waals surface area contributed by atoms with Gasteiger partial charge in [-0.25, -0.2) is 0 Å². The topological polar surface area (TPSA) is 43.4 Å². The number of carbonyl (C=O) groups excluding carboxylic acids is 2. The summed E-state index contributed by atoms with van der Waals surface area (Å²) in [4.78, 5) is 22.4. The third-order valence-corrected chi connectivity index (χ3v) is 2.13. The second kappa shape index (κ2) is 5.26. The lowest BCUT2D eigenvalue weighted by Crippen LogP contribution is -1.99. The van der Waals surface area contributed by atoms with E-state index in [-0.39, 0.29) is 11.6 Å². The second-order valence-electron chi connectivity index (χ2n) is 3.45. The fraction of sp³-hybridized carbons (Fsp3) is 0.231. The summed E-state index contributed by atoms with van der Waals surface area (Å²) >= 11 is 0. The summed E-state index contributed by atoms with van der Waals surface area (Å²) < 4.78 is 5.02. The van der Waals surface area contributed by atoms with Crippen molar-refractivity contribution in [2.24, 2.45) is 0 Å². The van der Waals surface area contributed by atoms with Gasteiger partial charge in [-0.1, -0.05) is 12.1 Å². The van der Waals surface area contributed by atoms with Crippen molar-refractivity contribution >= 4 is 17.1 Å². The Morgan fingerprint density at radius 3 is 2.06 bits per heavy atom. The van der Waals surface area contributed by atoms with E-state index in [1.807, 2.05) is 0 Å². The highest BCUT2D eigenvalue weighted by molar-refractivity contribution is 6.23. The Balaban J connectivity index is 3.12. The van der Waals surface area contributed by atoms with E-state index >= 15 is 0 Å². The molecule has 1 rings (SSSR count). The van der Waals surface area contributed by atoms with Gasteiger partial charge in [-0.3, -0.25) is 9.59 Å². The highest BCUT2D eigenvalue weighted by Crippen LogP contribution is 2.19. The minimum atomic E-state index is -0.138. The summed E-state index contributed by atoms with van der Waals surface area (Å²) in [6, 6.07) is 7.03. The minimum absolute atomic E-state index is 0.125. The molecule has 1 aromatic rings. The zero-order valence-corrected chi connectivity index (χ0v) is 9.61. The summed E-state index contributed by atoms with van der Waals surface area (Å²) in [5.41, 5.74) is 1.15. The summed E-state index contributed by atoms with van der Waals surface area (Å²) in [6.07, 6.45) is 1.35. The van der Waals surface area contributed by atoms with Gasteiger partial charge in [-0.2, -0.15) is 0 Å². The number of Topliss-reactive ketones (excluding diaryl/α,β-unsaturated/α-hetero) is 1. The van der Waals surface area contributed by atoms with Gasteiger partial charge in [0.05, 0.1) is 7.11 Å². The molecule has 0 amide bonds. The lowest BCUT2D eigenvalue weighted by Gasteiger charge is -2.04. The predicted octanol–water partition coefficient (Wildman–Crippen LogP) is 2.26. The van der Waals surface area contributed by atoms with Crippen LogP contribution in [-0.4, -0.2) is 18.7 Å². The van der Waals surface area contributed by atoms with Gasteiger partial charge in [0.25, 0.3) is 0 Å². The van der Waals surface area contributed by atoms with Gasteiger partial charge in [-0.15, -0.1) is 0 Å². The van der Waals surface area contributed by atoms with Crippen molar-refractivity contribution in [1.82, 2.24) is 0 Å². The molecule has 0 aromatic heterocycles. The van der Waals surface area contributed by atoms with Crippen molar-refractivity contribution in [1.29, 1.82) is 0 Å². The number of carbonyl (C=O) groups is 2. The van der Waals surface area contributed by atoms with Crippen molar-refractivity contribution in [2.45, 2.75) is 13.8 Å². The molecule has 0 radical (unpaired) electrons. The van der Waals surface area contributed by atoms with E-state index in [2.05, 4.69) is 0 Å². The second-order valence-corrected chi connectivity index (χ2v) is 3.45. The first kappa shape index (κ1) is 12.2. The van der Waals surface area contributed by atoms with Crippen LogP contribution in [0.1, 0.15) is 19.4 Å². The monoisotopic (exact) mass is 218 g/mol. The number of ether oxygens (including phenoxy) is 1. The average molecular weight is 218 g/mol. The molecule has 16 heavy (non-hydrogen) atoms. The number of hydrogen-bond acceptors (Lipinski definition) is 3. The first-order valence-electron chi connectivity index (χ1n) is 4.92. The SMILES string of the molecule is COc1ccc(/C(=C/C(C)=O)C(C)=O)cc1. The number of rotatable bonds is 4. The van der Waals surface area contributed by atoms with Gasteiger partial charge < -0.3 is 4.74 Å². The quantitative estimate of drug-likeness (QED) is 0.728. The third-order valence-electron chi connectivity index (χ3n) is 2.13. The van der Waals surface area contributed by atoms with E-state index in [1.54, 1.807) is 31.4 Å². The van der Waals surface area contributed by atoms with E-state index in [0.717, 1.165) is 11.3 Å². The van der Waals surface area contributed by atoms with Gasteiger partial charge in [0.2, 0.25) is 0 Å². The van der Waals surface area contributed by atoms with Crippen molar-refractivity contribution in [3.05, 3.63) is 35.9 Å². The van der Waals surface area contributed by atoms with Gasteiger partial charge >= 0.3 is 0 Å². The Labute approximate surface area is 94.7 Å². The smallest absolute Gasteiger partial charge is 0.160 e. The molecule has 0 heterocycles. The first-order chi connectivity index (χ1) is 7.54. The van der Waals surface area contributed by atoms with Crippen molar-refractivity contribution < 1.29 is 14.3 Å². The van der Waals surface area contributed by atoms with Crippen LogP contribution in [0.25, 0.3) is 5.57 Å². The maximum Gasteiger partial charge on any atom is 0.160 e. The summed E-state index contributed by atoms with van der Waals surface area (Å²) in [6.45, 7) is 2.87. The highest BCUT2D eigenvalue weighted by Gasteiger charge is 2.08. The highest BCUT2D eigenvalue weighted by atomic mass is 16.5. The van der Waals surface area contributed by atoms with E-state index in [9.17, 15) is 9.59 Å². The van der Waals surface area contributed by atoms with Gasteiger partial charge in [0.1, 0.15) is 5.75 Å². The largest absolute Gasteiger partial charge is 0.497 e. The first-order valence-corrected chi connectivity index (χ1v) is 4.92. The molecule has 0 aliphatic rings. The Bertz CT molecular complexity index is 427.